The van der Waals surface area contributed by atoms with Crippen LogP contribution in [0, 0.1) is 0 Å². The number of hydrogen-bond donors (Lipinski definition) is 1. The second-order valence-electron chi connectivity index (χ2n) is 6.91. The van der Waals surface area contributed by atoms with Crippen molar-refractivity contribution >= 4 is 17.0 Å². The van der Waals surface area contributed by atoms with Gasteiger partial charge in [0.15, 0.2) is 0 Å². The van der Waals surface area contributed by atoms with Crippen LogP contribution in [0.2, 0.25) is 0 Å². The maximum Gasteiger partial charge on any atom is 0.415 e. The zero-order valence-corrected chi connectivity index (χ0v) is 14.0. The Balaban J connectivity index is 1.32. The van der Waals surface area contributed by atoms with Gasteiger partial charge in [-0.25, -0.2) is 4.79 Å². The first-order valence-electron chi connectivity index (χ1n) is 9.07. The van der Waals surface area contributed by atoms with Crippen molar-refractivity contribution in [2.45, 2.75) is 38.1 Å². The Morgan fingerprint density at radius 2 is 1.83 bits per heavy atom. The highest BCUT2D eigenvalue weighted by Crippen LogP contribution is 2.23. The van der Waals surface area contributed by atoms with Crippen molar-refractivity contribution in [1.82, 2.24) is 14.8 Å². The third-order valence-electron chi connectivity index (χ3n) is 5.36. The minimum atomic E-state index is -0.220. The van der Waals surface area contributed by atoms with Crippen molar-refractivity contribution in [1.29, 1.82) is 0 Å². The molecule has 2 aliphatic heterocycles. The third-order valence-corrected chi connectivity index (χ3v) is 5.36. The van der Waals surface area contributed by atoms with E-state index in [1.807, 2.05) is 35.4 Å². The van der Waals surface area contributed by atoms with Gasteiger partial charge in [-0.1, -0.05) is 6.42 Å². The molecule has 0 saturated carbocycles. The number of likely N-dealkylation sites (tertiary alicyclic amines) is 2. The summed E-state index contributed by atoms with van der Waals surface area (Å²) in [7, 11) is 0. The summed E-state index contributed by atoms with van der Waals surface area (Å²) >= 11 is 0. The molecule has 0 atom stereocenters. The Morgan fingerprint density at radius 1 is 1.04 bits per heavy atom. The van der Waals surface area contributed by atoms with E-state index in [4.69, 9.17) is 4.74 Å². The van der Waals surface area contributed by atoms with Gasteiger partial charge in [-0.15, -0.1) is 0 Å². The Labute approximate surface area is 142 Å². The van der Waals surface area contributed by atoms with Crippen LogP contribution in [-0.4, -0.2) is 53.1 Å². The summed E-state index contributed by atoms with van der Waals surface area (Å²) in [5, 5.41) is 1.06. The lowest BCUT2D eigenvalue weighted by atomic mass is 10.0. The fourth-order valence-corrected chi connectivity index (χ4v) is 3.96. The number of carbonyl (C=O) groups is 1. The molecule has 128 valence electrons. The van der Waals surface area contributed by atoms with Crippen LogP contribution in [0.5, 0.6) is 5.75 Å². The Hall–Kier alpha value is -2.01. The lowest BCUT2D eigenvalue weighted by molar-refractivity contribution is 0.0878. The van der Waals surface area contributed by atoms with E-state index >= 15 is 0 Å². The van der Waals surface area contributed by atoms with Crippen LogP contribution in [0.25, 0.3) is 10.9 Å². The van der Waals surface area contributed by atoms with Crippen LogP contribution < -0.4 is 4.74 Å². The number of carbonyl (C=O) groups excluding carboxylic acids is 1. The Morgan fingerprint density at radius 3 is 2.62 bits per heavy atom. The Bertz CT molecular complexity index is 697. The maximum atomic E-state index is 12.4. The molecule has 2 fully saturated rings. The van der Waals surface area contributed by atoms with Crippen LogP contribution in [0.1, 0.15) is 32.1 Å². The van der Waals surface area contributed by atoms with Gasteiger partial charge < -0.3 is 19.5 Å². The number of benzene rings is 1. The first kappa shape index (κ1) is 15.5. The number of ether oxygens (including phenoxy) is 1. The number of piperidine rings is 2. The summed E-state index contributed by atoms with van der Waals surface area (Å²) in [6.45, 7) is 4.05. The number of H-pyrrole nitrogens is 1. The second-order valence-corrected chi connectivity index (χ2v) is 6.91. The van der Waals surface area contributed by atoms with Gasteiger partial charge in [0.25, 0.3) is 0 Å². The lowest BCUT2D eigenvalue weighted by Crippen LogP contribution is -2.48. The SMILES string of the molecule is O=C(Oc1ccc2[nH]ccc2c1)N1CCC(N2CCCCC2)CC1. The highest BCUT2D eigenvalue weighted by atomic mass is 16.6. The second kappa shape index (κ2) is 6.85. The van der Waals surface area contributed by atoms with Gasteiger partial charge in [-0.3, -0.25) is 0 Å². The number of nitrogens with one attached hydrogen (secondary N) is 1. The van der Waals surface area contributed by atoms with Crippen LogP contribution in [0.15, 0.2) is 30.5 Å². The fraction of sp³-hybridized carbons (Fsp3) is 0.526. The van der Waals surface area contributed by atoms with Gasteiger partial charge >= 0.3 is 6.09 Å². The van der Waals surface area contributed by atoms with Crippen LogP contribution >= 0.6 is 0 Å². The molecule has 1 amide bonds. The number of fused-ring (bicyclic) bond motifs is 1. The van der Waals surface area contributed by atoms with E-state index in [1.54, 1.807) is 0 Å². The summed E-state index contributed by atoms with van der Waals surface area (Å²) in [6, 6.07) is 8.32. The van der Waals surface area contributed by atoms with Gasteiger partial charge in [-0.05, 0) is 63.0 Å². The first-order chi connectivity index (χ1) is 11.8. The van der Waals surface area contributed by atoms with Crippen molar-refractivity contribution in [3.8, 4) is 5.75 Å². The summed E-state index contributed by atoms with van der Waals surface area (Å²) in [4.78, 5) is 20.0. The van der Waals surface area contributed by atoms with E-state index in [0.29, 0.717) is 11.8 Å². The van der Waals surface area contributed by atoms with Crippen LogP contribution in [0.4, 0.5) is 4.79 Å². The number of amides is 1. The molecule has 4 rings (SSSR count). The Kier molecular flexibility index (Phi) is 4.43. The van der Waals surface area contributed by atoms with E-state index in [2.05, 4.69) is 9.88 Å². The third kappa shape index (κ3) is 3.26. The van der Waals surface area contributed by atoms with Crippen molar-refractivity contribution in [3.63, 3.8) is 0 Å². The molecule has 1 aromatic carbocycles. The molecule has 5 nitrogen and oxygen atoms in total. The van der Waals surface area contributed by atoms with Crippen molar-refractivity contribution in [3.05, 3.63) is 30.5 Å². The molecule has 0 radical (unpaired) electrons. The zero-order chi connectivity index (χ0) is 16.4. The number of aromatic amines is 1. The van der Waals surface area contributed by atoms with E-state index in [1.165, 1.54) is 32.4 Å². The highest BCUT2D eigenvalue weighted by Gasteiger charge is 2.28. The van der Waals surface area contributed by atoms with Crippen molar-refractivity contribution in [2.75, 3.05) is 26.2 Å². The van der Waals surface area contributed by atoms with E-state index in [0.717, 1.165) is 36.8 Å². The molecule has 2 saturated heterocycles. The standard InChI is InChI=1S/C19H25N3O2/c23-19(24-17-4-5-18-15(14-17)6-9-20-18)22-12-7-16(8-13-22)21-10-2-1-3-11-21/h4-6,9,14,16,20H,1-3,7-8,10-13H2. The number of hydrogen-bond acceptors (Lipinski definition) is 3. The predicted octanol–water partition coefficient (Wildman–Crippen LogP) is 3.62. The largest absolute Gasteiger partial charge is 0.415 e. The van der Waals surface area contributed by atoms with Crippen molar-refractivity contribution in [2.24, 2.45) is 0 Å². The van der Waals surface area contributed by atoms with Gasteiger partial charge in [0.05, 0.1) is 0 Å². The molecule has 0 bridgehead atoms. The molecular weight excluding hydrogens is 302 g/mol. The minimum Gasteiger partial charge on any atom is -0.410 e. The molecule has 2 aromatic rings. The molecule has 0 unspecified atom stereocenters. The summed E-state index contributed by atoms with van der Waals surface area (Å²) in [5.74, 6) is 0.616. The monoisotopic (exact) mass is 327 g/mol. The average molecular weight is 327 g/mol. The molecule has 1 aromatic heterocycles. The molecule has 2 aliphatic rings. The predicted molar refractivity (Wildman–Crippen MR) is 94.3 cm³/mol. The summed E-state index contributed by atoms with van der Waals surface area (Å²) in [5.41, 5.74) is 1.05. The molecule has 0 aliphatic carbocycles. The molecular formula is C19H25N3O2. The smallest absolute Gasteiger partial charge is 0.410 e. The van der Waals surface area contributed by atoms with Gasteiger partial charge in [0, 0.05) is 36.2 Å². The van der Waals surface area contributed by atoms with Crippen LogP contribution in [-0.2, 0) is 0 Å². The first-order valence-corrected chi connectivity index (χ1v) is 9.07. The molecule has 5 heteroatoms. The van der Waals surface area contributed by atoms with Crippen LogP contribution in [0.3, 0.4) is 0 Å². The van der Waals surface area contributed by atoms with Gasteiger partial charge in [0.2, 0.25) is 0 Å². The fourth-order valence-electron chi connectivity index (χ4n) is 3.96. The molecule has 0 spiro atoms. The number of nitrogens with zero attached hydrogens (tertiary/aromatic N) is 2. The summed E-state index contributed by atoms with van der Waals surface area (Å²) in [6.07, 6.45) is 7.81. The normalized spacial score (nSPS) is 20.4. The minimum absolute atomic E-state index is 0.220. The van der Waals surface area contributed by atoms with E-state index in [9.17, 15) is 4.79 Å². The molecule has 3 heterocycles. The summed E-state index contributed by atoms with van der Waals surface area (Å²) < 4.78 is 5.57. The lowest BCUT2D eigenvalue weighted by Gasteiger charge is -2.39. The zero-order valence-electron chi connectivity index (χ0n) is 14.0. The highest BCUT2D eigenvalue weighted by molar-refractivity contribution is 5.82. The van der Waals surface area contributed by atoms with E-state index < -0.39 is 0 Å². The van der Waals surface area contributed by atoms with Gasteiger partial charge in [-0.2, -0.15) is 0 Å². The van der Waals surface area contributed by atoms with E-state index in [-0.39, 0.29) is 6.09 Å². The molecule has 1 N–H and O–H groups in total. The molecule has 24 heavy (non-hydrogen) atoms. The van der Waals surface area contributed by atoms with Gasteiger partial charge in [0.1, 0.15) is 5.75 Å². The van der Waals surface area contributed by atoms with Crippen molar-refractivity contribution < 1.29 is 9.53 Å². The quantitative estimate of drug-likeness (QED) is 0.916. The average Bonchev–Trinajstić information content (AvgIpc) is 3.10. The maximum absolute atomic E-state index is 12.4. The number of rotatable bonds is 2. The number of aromatic nitrogens is 1. The topological polar surface area (TPSA) is 48.6 Å².